The number of rotatable bonds is 5. The Hall–Kier alpha value is -2.58. The average molecular weight is 323 g/mol. The van der Waals surface area contributed by atoms with Crippen molar-refractivity contribution in [1.82, 2.24) is 20.0 Å². The minimum Gasteiger partial charge on any atom is -0.480 e. The van der Waals surface area contributed by atoms with Crippen LogP contribution in [0.4, 0.5) is 10.6 Å². The van der Waals surface area contributed by atoms with Crippen molar-refractivity contribution in [1.29, 1.82) is 0 Å². The van der Waals surface area contributed by atoms with E-state index in [0.29, 0.717) is 13.0 Å². The third-order valence-corrected chi connectivity index (χ3v) is 3.42. The molecule has 126 valence electrons. The smallest absolute Gasteiger partial charge is 0.325 e. The number of carbonyl (C=O) groups is 3. The number of carboxylic acids is 1. The van der Waals surface area contributed by atoms with E-state index in [4.69, 9.17) is 5.11 Å². The van der Waals surface area contributed by atoms with Crippen LogP contribution in [-0.2, 0) is 16.1 Å². The van der Waals surface area contributed by atoms with Crippen molar-refractivity contribution in [3.63, 3.8) is 0 Å². The molecule has 1 atom stereocenters. The maximum absolute atomic E-state index is 12.3. The molecule has 0 bridgehead atoms. The van der Waals surface area contributed by atoms with Gasteiger partial charge in [-0.1, -0.05) is 0 Å². The fourth-order valence-electron chi connectivity index (χ4n) is 2.48. The predicted octanol–water partition coefficient (Wildman–Crippen LogP) is 0.489. The van der Waals surface area contributed by atoms with E-state index in [1.54, 1.807) is 0 Å². The summed E-state index contributed by atoms with van der Waals surface area (Å²) in [7, 11) is 0. The molecular formula is C14H21N5O4. The Morgan fingerprint density at radius 1 is 1.43 bits per heavy atom. The van der Waals surface area contributed by atoms with E-state index >= 15 is 0 Å². The molecule has 23 heavy (non-hydrogen) atoms. The number of hydrogen-bond donors (Lipinski definition) is 3. The van der Waals surface area contributed by atoms with Crippen LogP contribution in [0.1, 0.15) is 26.7 Å². The summed E-state index contributed by atoms with van der Waals surface area (Å²) < 4.78 is 1.22. The van der Waals surface area contributed by atoms with Crippen LogP contribution in [0.15, 0.2) is 12.3 Å². The Morgan fingerprint density at radius 2 is 2.17 bits per heavy atom. The summed E-state index contributed by atoms with van der Waals surface area (Å²) >= 11 is 0. The lowest BCUT2D eigenvalue weighted by Crippen LogP contribution is -2.49. The molecule has 1 fully saturated rings. The van der Waals surface area contributed by atoms with Crippen LogP contribution in [0.2, 0.25) is 0 Å². The number of anilines is 1. The van der Waals surface area contributed by atoms with E-state index in [-0.39, 0.29) is 30.3 Å². The molecule has 0 aromatic carbocycles. The predicted molar refractivity (Wildman–Crippen MR) is 81.9 cm³/mol. The van der Waals surface area contributed by atoms with Crippen molar-refractivity contribution in [2.75, 3.05) is 11.9 Å². The Bertz CT molecular complexity index is 598. The normalized spacial score (nSPS) is 17.3. The number of aliphatic carboxylic acids is 1. The molecule has 1 aliphatic heterocycles. The zero-order chi connectivity index (χ0) is 17.0. The lowest BCUT2D eigenvalue weighted by Gasteiger charge is -2.25. The molecule has 3 N–H and O–H groups in total. The first-order chi connectivity index (χ1) is 10.9. The molecule has 1 aromatic heterocycles. The molecule has 2 heterocycles. The minimum absolute atomic E-state index is 0.00136. The molecule has 9 heteroatoms. The number of amides is 3. The van der Waals surface area contributed by atoms with Gasteiger partial charge >= 0.3 is 12.0 Å². The standard InChI is InChI=1S/C14H21N5O4/c1-9(2)15-14(23)19-6-3-4-10(19)13(22)16-11-5-7-18(17-11)8-12(20)21/h5,7,9-10H,3-4,6,8H2,1-2H3,(H,15,23)(H,20,21)(H,16,17,22)/t10-/m0/s1. The van der Waals surface area contributed by atoms with Gasteiger partial charge in [-0.3, -0.25) is 14.3 Å². The van der Waals surface area contributed by atoms with Crippen molar-refractivity contribution in [3.8, 4) is 0 Å². The molecule has 1 aliphatic rings. The SMILES string of the molecule is CC(C)NC(=O)N1CCC[C@H]1C(=O)Nc1ccn(CC(=O)O)n1. The number of carbonyl (C=O) groups excluding carboxylic acids is 2. The molecule has 9 nitrogen and oxygen atoms in total. The lowest BCUT2D eigenvalue weighted by atomic mass is 10.2. The number of aromatic nitrogens is 2. The van der Waals surface area contributed by atoms with E-state index in [9.17, 15) is 14.4 Å². The lowest BCUT2D eigenvalue weighted by molar-refractivity contribution is -0.137. The second-order valence-electron chi connectivity index (χ2n) is 5.74. The topological polar surface area (TPSA) is 117 Å². The number of carboxylic acid groups (broad SMARTS) is 1. The Kier molecular flexibility index (Phi) is 5.20. The third kappa shape index (κ3) is 4.44. The molecule has 2 rings (SSSR count). The second-order valence-corrected chi connectivity index (χ2v) is 5.74. The van der Waals surface area contributed by atoms with Crippen molar-refractivity contribution >= 4 is 23.7 Å². The Balaban J connectivity index is 1.97. The van der Waals surface area contributed by atoms with E-state index in [1.165, 1.54) is 21.8 Å². The highest BCUT2D eigenvalue weighted by molar-refractivity contribution is 5.96. The zero-order valence-electron chi connectivity index (χ0n) is 13.2. The van der Waals surface area contributed by atoms with Gasteiger partial charge in [0.15, 0.2) is 5.82 Å². The second kappa shape index (κ2) is 7.12. The maximum Gasteiger partial charge on any atom is 0.325 e. The fraction of sp³-hybridized carbons (Fsp3) is 0.571. The highest BCUT2D eigenvalue weighted by Gasteiger charge is 2.34. The summed E-state index contributed by atoms with van der Waals surface area (Å²) in [6.07, 6.45) is 2.83. The number of urea groups is 1. The molecule has 0 saturated carbocycles. The average Bonchev–Trinajstić information content (AvgIpc) is 3.06. The molecule has 1 saturated heterocycles. The molecule has 1 aromatic rings. The van der Waals surface area contributed by atoms with E-state index in [2.05, 4.69) is 15.7 Å². The quantitative estimate of drug-likeness (QED) is 0.729. The Morgan fingerprint density at radius 3 is 2.83 bits per heavy atom. The van der Waals surface area contributed by atoms with Crippen LogP contribution in [0.25, 0.3) is 0 Å². The van der Waals surface area contributed by atoms with Gasteiger partial charge in [0.05, 0.1) is 0 Å². The molecule has 0 unspecified atom stereocenters. The van der Waals surface area contributed by atoms with E-state index in [0.717, 1.165) is 6.42 Å². The first-order valence-corrected chi connectivity index (χ1v) is 7.50. The van der Waals surface area contributed by atoms with Gasteiger partial charge in [-0.15, -0.1) is 0 Å². The van der Waals surface area contributed by atoms with Crippen LogP contribution in [0.5, 0.6) is 0 Å². The number of nitrogens with zero attached hydrogens (tertiary/aromatic N) is 3. The van der Waals surface area contributed by atoms with Crippen molar-refractivity contribution < 1.29 is 19.5 Å². The van der Waals surface area contributed by atoms with Crippen LogP contribution in [0, 0.1) is 0 Å². The maximum atomic E-state index is 12.3. The molecule has 0 spiro atoms. The van der Waals surface area contributed by atoms with Gasteiger partial charge in [0.2, 0.25) is 5.91 Å². The van der Waals surface area contributed by atoms with Gasteiger partial charge in [0, 0.05) is 24.8 Å². The number of likely N-dealkylation sites (tertiary alicyclic amines) is 1. The Labute approximate surface area is 133 Å². The van der Waals surface area contributed by atoms with Crippen LogP contribution in [-0.4, -0.2) is 56.3 Å². The van der Waals surface area contributed by atoms with Gasteiger partial charge in [-0.2, -0.15) is 5.10 Å². The van der Waals surface area contributed by atoms with Crippen LogP contribution >= 0.6 is 0 Å². The number of nitrogens with one attached hydrogen (secondary N) is 2. The fourth-order valence-corrected chi connectivity index (χ4v) is 2.48. The van der Waals surface area contributed by atoms with Crippen molar-refractivity contribution in [3.05, 3.63) is 12.3 Å². The van der Waals surface area contributed by atoms with Gasteiger partial charge in [-0.25, -0.2) is 4.79 Å². The minimum atomic E-state index is -1.02. The first kappa shape index (κ1) is 16.8. The summed E-state index contributed by atoms with van der Waals surface area (Å²) in [6.45, 7) is 3.97. The largest absolute Gasteiger partial charge is 0.480 e. The monoisotopic (exact) mass is 323 g/mol. The molecule has 0 aliphatic carbocycles. The third-order valence-electron chi connectivity index (χ3n) is 3.42. The first-order valence-electron chi connectivity index (χ1n) is 7.50. The summed E-state index contributed by atoms with van der Waals surface area (Å²) in [4.78, 5) is 36.6. The summed E-state index contributed by atoms with van der Waals surface area (Å²) in [5.41, 5.74) is 0. The molecular weight excluding hydrogens is 302 g/mol. The highest BCUT2D eigenvalue weighted by atomic mass is 16.4. The van der Waals surface area contributed by atoms with Gasteiger partial charge in [0.1, 0.15) is 12.6 Å². The summed E-state index contributed by atoms with van der Waals surface area (Å²) in [5.74, 6) is -1.06. The van der Waals surface area contributed by atoms with Gasteiger partial charge in [0.25, 0.3) is 0 Å². The molecule has 0 radical (unpaired) electrons. The number of hydrogen-bond acceptors (Lipinski definition) is 4. The van der Waals surface area contributed by atoms with E-state index < -0.39 is 12.0 Å². The van der Waals surface area contributed by atoms with Crippen molar-refractivity contribution in [2.24, 2.45) is 0 Å². The molecule has 3 amide bonds. The van der Waals surface area contributed by atoms with Gasteiger partial charge in [-0.05, 0) is 26.7 Å². The highest BCUT2D eigenvalue weighted by Crippen LogP contribution is 2.19. The van der Waals surface area contributed by atoms with Crippen LogP contribution in [0.3, 0.4) is 0 Å². The van der Waals surface area contributed by atoms with Gasteiger partial charge < -0.3 is 20.6 Å². The van der Waals surface area contributed by atoms with Crippen molar-refractivity contribution in [2.45, 2.75) is 45.3 Å². The summed E-state index contributed by atoms with van der Waals surface area (Å²) in [6, 6.07) is 0.722. The zero-order valence-corrected chi connectivity index (χ0v) is 13.2. The summed E-state index contributed by atoms with van der Waals surface area (Å²) in [5, 5.41) is 18.1. The van der Waals surface area contributed by atoms with E-state index in [1.807, 2.05) is 13.8 Å². The van der Waals surface area contributed by atoms with Crippen LogP contribution < -0.4 is 10.6 Å².